The van der Waals surface area contributed by atoms with Crippen molar-refractivity contribution in [3.8, 4) is 17.6 Å². The SMILES string of the molecule is COc1cc(/C=C(/C#N)c2ccc(C(=O)O)cc2)cc(I)c1OC(C)C. The first-order valence-electron chi connectivity index (χ1n) is 7.85. The number of aromatic carboxylic acids is 1. The monoisotopic (exact) mass is 463 g/mol. The fourth-order valence-electron chi connectivity index (χ4n) is 2.31. The molecule has 0 amide bonds. The summed E-state index contributed by atoms with van der Waals surface area (Å²) in [5, 5.41) is 18.5. The Balaban J connectivity index is 2.44. The Morgan fingerprint density at radius 1 is 1.23 bits per heavy atom. The molecule has 5 nitrogen and oxygen atoms in total. The molecule has 0 spiro atoms. The smallest absolute Gasteiger partial charge is 0.335 e. The average Bonchev–Trinajstić information content (AvgIpc) is 2.61. The van der Waals surface area contributed by atoms with E-state index in [4.69, 9.17) is 14.6 Å². The van der Waals surface area contributed by atoms with Crippen LogP contribution in [-0.4, -0.2) is 24.3 Å². The Kier molecular flexibility index (Phi) is 6.64. The number of carboxylic acids is 1. The normalized spacial score (nSPS) is 11.2. The van der Waals surface area contributed by atoms with Gasteiger partial charge in [-0.15, -0.1) is 0 Å². The molecule has 2 rings (SSSR count). The molecule has 0 radical (unpaired) electrons. The standard InChI is InChI=1S/C20H18INO4/c1-12(2)26-19-17(21)9-13(10-18(19)25-3)8-16(11-22)14-4-6-15(7-5-14)20(23)24/h4-10,12H,1-3H3,(H,23,24)/b16-8-. The Morgan fingerprint density at radius 2 is 1.85 bits per heavy atom. The van der Waals surface area contributed by atoms with Crippen molar-refractivity contribution in [1.29, 1.82) is 5.26 Å². The van der Waals surface area contributed by atoms with Gasteiger partial charge in [0.2, 0.25) is 0 Å². The number of allylic oxidation sites excluding steroid dienone is 1. The number of nitrogens with zero attached hydrogens (tertiary/aromatic N) is 1. The quantitative estimate of drug-likeness (QED) is 0.377. The number of ether oxygens (including phenoxy) is 2. The number of methoxy groups -OCH3 is 1. The molecule has 0 saturated heterocycles. The molecule has 0 heterocycles. The second kappa shape index (κ2) is 8.72. The number of benzene rings is 2. The summed E-state index contributed by atoms with van der Waals surface area (Å²) in [5.74, 6) is 0.263. The summed E-state index contributed by atoms with van der Waals surface area (Å²) in [6.07, 6.45) is 1.75. The Hall–Kier alpha value is -2.53. The topological polar surface area (TPSA) is 79.5 Å². The minimum atomic E-state index is -1.00. The molecular formula is C20H18INO4. The van der Waals surface area contributed by atoms with E-state index in [2.05, 4.69) is 28.7 Å². The lowest BCUT2D eigenvalue weighted by atomic mass is 10.0. The van der Waals surface area contributed by atoms with Crippen molar-refractivity contribution < 1.29 is 19.4 Å². The fraction of sp³-hybridized carbons (Fsp3) is 0.200. The van der Waals surface area contributed by atoms with Crippen LogP contribution in [0.15, 0.2) is 36.4 Å². The highest BCUT2D eigenvalue weighted by molar-refractivity contribution is 14.1. The molecule has 0 bridgehead atoms. The van der Waals surface area contributed by atoms with Crippen molar-refractivity contribution in [2.45, 2.75) is 20.0 Å². The molecule has 0 aliphatic carbocycles. The number of rotatable bonds is 6. The van der Waals surface area contributed by atoms with Crippen LogP contribution in [0.1, 0.15) is 35.3 Å². The van der Waals surface area contributed by atoms with Gasteiger partial charge in [-0.2, -0.15) is 5.26 Å². The van der Waals surface area contributed by atoms with Gasteiger partial charge in [0, 0.05) is 0 Å². The molecule has 0 aliphatic heterocycles. The number of carbonyl (C=O) groups is 1. The molecule has 0 saturated carbocycles. The number of halogens is 1. The highest BCUT2D eigenvalue weighted by atomic mass is 127. The van der Waals surface area contributed by atoms with E-state index in [0.29, 0.717) is 22.6 Å². The Bertz CT molecular complexity index is 880. The van der Waals surface area contributed by atoms with Crippen LogP contribution in [0.3, 0.4) is 0 Å². The zero-order valence-electron chi connectivity index (χ0n) is 14.6. The number of carboxylic acid groups (broad SMARTS) is 1. The molecule has 0 aliphatic rings. The lowest BCUT2D eigenvalue weighted by Crippen LogP contribution is -2.08. The van der Waals surface area contributed by atoms with Crippen LogP contribution in [0.25, 0.3) is 11.6 Å². The molecule has 134 valence electrons. The van der Waals surface area contributed by atoms with E-state index in [1.54, 1.807) is 25.3 Å². The zero-order chi connectivity index (χ0) is 19.3. The maximum atomic E-state index is 11.0. The highest BCUT2D eigenvalue weighted by Crippen LogP contribution is 2.35. The Morgan fingerprint density at radius 3 is 2.35 bits per heavy atom. The summed E-state index contributed by atoms with van der Waals surface area (Å²) in [6, 6.07) is 12.1. The number of hydrogen-bond donors (Lipinski definition) is 1. The van der Waals surface area contributed by atoms with E-state index in [1.807, 2.05) is 26.0 Å². The number of nitriles is 1. The maximum Gasteiger partial charge on any atom is 0.335 e. The first kappa shape index (κ1) is 19.8. The van der Waals surface area contributed by atoms with E-state index in [0.717, 1.165) is 9.13 Å². The van der Waals surface area contributed by atoms with Crippen LogP contribution in [0.5, 0.6) is 11.5 Å². The average molecular weight is 463 g/mol. The molecule has 0 unspecified atom stereocenters. The van der Waals surface area contributed by atoms with E-state index in [1.165, 1.54) is 12.1 Å². The third-order valence-corrected chi connectivity index (χ3v) is 4.28. The molecular weight excluding hydrogens is 445 g/mol. The lowest BCUT2D eigenvalue weighted by molar-refractivity contribution is 0.0697. The van der Waals surface area contributed by atoms with Gasteiger partial charge in [-0.1, -0.05) is 12.1 Å². The zero-order valence-corrected chi connectivity index (χ0v) is 16.8. The summed E-state index contributed by atoms with van der Waals surface area (Å²) in [6.45, 7) is 3.88. The summed E-state index contributed by atoms with van der Waals surface area (Å²) in [7, 11) is 1.57. The van der Waals surface area contributed by atoms with Crippen LogP contribution in [-0.2, 0) is 0 Å². The predicted molar refractivity (Wildman–Crippen MR) is 108 cm³/mol. The van der Waals surface area contributed by atoms with Gasteiger partial charge >= 0.3 is 5.97 Å². The first-order chi connectivity index (χ1) is 12.3. The van der Waals surface area contributed by atoms with E-state index >= 15 is 0 Å². The van der Waals surface area contributed by atoms with Crippen molar-refractivity contribution in [3.63, 3.8) is 0 Å². The fourth-order valence-corrected chi connectivity index (χ4v) is 3.06. The molecule has 1 N–H and O–H groups in total. The van der Waals surface area contributed by atoms with Gasteiger partial charge in [0.1, 0.15) is 0 Å². The summed E-state index contributed by atoms with van der Waals surface area (Å²) < 4.78 is 12.1. The maximum absolute atomic E-state index is 11.0. The van der Waals surface area contributed by atoms with Crippen molar-refractivity contribution in [2.24, 2.45) is 0 Å². The molecule has 2 aromatic carbocycles. The second-order valence-electron chi connectivity index (χ2n) is 5.75. The van der Waals surface area contributed by atoms with Crippen LogP contribution in [0.4, 0.5) is 0 Å². The van der Waals surface area contributed by atoms with E-state index < -0.39 is 5.97 Å². The van der Waals surface area contributed by atoms with E-state index in [9.17, 15) is 10.1 Å². The molecule has 0 atom stereocenters. The van der Waals surface area contributed by atoms with Crippen LogP contribution >= 0.6 is 22.6 Å². The van der Waals surface area contributed by atoms with Gasteiger partial charge < -0.3 is 14.6 Å². The largest absolute Gasteiger partial charge is 0.493 e. The molecule has 2 aromatic rings. The van der Waals surface area contributed by atoms with Crippen molar-refractivity contribution in [3.05, 3.63) is 56.7 Å². The number of hydrogen-bond acceptors (Lipinski definition) is 4. The first-order valence-corrected chi connectivity index (χ1v) is 8.93. The molecule has 26 heavy (non-hydrogen) atoms. The summed E-state index contributed by atoms with van der Waals surface area (Å²) in [5.41, 5.74) is 2.05. The molecule has 0 aromatic heterocycles. The van der Waals surface area contributed by atoms with Crippen molar-refractivity contribution in [1.82, 2.24) is 0 Å². The third kappa shape index (κ3) is 4.76. The van der Waals surface area contributed by atoms with Gasteiger partial charge in [-0.05, 0) is 77.9 Å². The van der Waals surface area contributed by atoms with Gasteiger partial charge in [0.05, 0.1) is 34.0 Å². The lowest BCUT2D eigenvalue weighted by Gasteiger charge is -2.16. The van der Waals surface area contributed by atoms with Crippen LogP contribution in [0.2, 0.25) is 0 Å². The summed E-state index contributed by atoms with van der Waals surface area (Å²) >= 11 is 2.17. The minimum absolute atomic E-state index is 0.0150. The highest BCUT2D eigenvalue weighted by Gasteiger charge is 2.13. The van der Waals surface area contributed by atoms with Gasteiger partial charge in [0.15, 0.2) is 11.5 Å². The predicted octanol–water partition coefficient (Wildman–Crippen LogP) is 4.85. The van der Waals surface area contributed by atoms with Crippen LogP contribution in [0, 0.1) is 14.9 Å². The van der Waals surface area contributed by atoms with Crippen molar-refractivity contribution in [2.75, 3.05) is 7.11 Å². The summed E-state index contributed by atoms with van der Waals surface area (Å²) in [4.78, 5) is 11.0. The molecule has 0 fully saturated rings. The van der Waals surface area contributed by atoms with Crippen LogP contribution < -0.4 is 9.47 Å². The van der Waals surface area contributed by atoms with E-state index in [-0.39, 0.29) is 11.7 Å². The van der Waals surface area contributed by atoms with Gasteiger partial charge in [-0.25, -0.2) is 4.79 Å². The van der Waals surface area contributed by atoms with Gasteiger partial charge in [0.25, 0.3) is 0 Å². The molecule has 6 heteroatoms. The third-order valence-electron chi connectivity index (χ3n) is 3.48. The minimum Gasteiger partial charge on any atom is -0.493 e. The second-order valence-corrected chi connectivity index (χ2v) is 6.92. The van der Waals surface area contributed by atoms with Crippen molar-refractivity contribution >= 4 is 40.2 Å². The Labute approximate surface area is 166 Å². The van der Waals surface area contributed by atoms with Gasteiger partial charge in [-0.3, -0.25) is 0 Å².